The van der Waals surface area contributed by atoms with Crippen LogP contribution in [0.15, 0.2) is 206 Å². The first-order chi connectivity index (χ1) is 36.3. The second-order valence-electron chi connectivity index (χ2n) is 16.4. The molecule has 0 saturated heterocycles. The molecular formula is C49H29Cu2N10Na3O14S4. The summed E-state index contributed by atoms with van der Waals surface area (Å²) in [4.78, 5) is -2.78. The molecule has 0 amide bonds. The maximum Gasteiger partial charge on any atom is 2.00 e. The molecule has 82 heavy (non-hydrogen) atoms. The fourth-order valence-corrected chi connectivity index (χ4v) is 10.1. The molecule has 408 valence electrons. The van der Waals surface area contributed by atoms with Crippen LogP contribution in [-0.2, 0) is 74.5 Å². The summed E-state index contributed by atoms with van der Waals surface area (Å²) in [5.74, 6) is -2.83. The Labute approximate surface area is 554 Å². The van der Waals surface area contributed by atoms with Gasteiger partial charge in [-0.1, -0.05) is 96.1 Å². The van der Waals surface area contributed by atoms with E-state index < -0.39 is 94.3 Å². The topological polar surface area (TPSA) is 414 Å². The average molecular weight is 1310 g/mol. The Kier molecular flexibility index (Phi) is 23.6. The van der Waals surface area contributed by atoms with Crippen LogP contribution in [0.2, 0.25) is 0 Å². The molecule has 0 aliphatic heterocycles. The molecule has 9 aromatic rings. The molecule has 0 saturated carbocycles. The van der Waals surface area contributed by atoms with Crippen molar-refractivity contribution in [2.75, 3.05) is 0 Å². The second-order valence-corrected chi connectivity index (χ2v) is 22.0. The van der Waals surface area contributed by atoms with Crippen molar-refractivity contribution in [3.63, 3.8) is 0 Å². The molecule has 24 nitrogen and oxygen atoms in total. The smallest absolute Gasteiger partial charge is 0.871 e. The standard InChI is InChI=1S/C49H35N10O14S4.2Cu.3Na/c1-26-21-41(44(61)25-40(26)55-53-37-18-19-38(34-22-29(75(65,66)67)13-15-31(34)37)54-52-36-11-5-10-32-30(36)9-6-12-45(32)76(68,69)70)56-59-48-46(77(71,72)73)24-35-33(49(48)62)16-17-39(51-27-7-3-2-4-8-27)47(35)58-57-42-23-28(74(50,63)64)14-20-43(42)60;;;;;/h2-25H,1H3,(H8-,50,51,52,53,54,55,56,57,58,59,60,61,62,63,64,65,66,67,68,69,70,71,72,73);;;;;/q-1;2*+2;3*+1/p-6. The van der Waals surface area contributed by atoms with Crippen molar-refractivity contribution >= 4 is 130 Å². The molecule has 9 rings (SSSR count). The third kappa shape index (κ3) is 15.5. The van der Waals surface area contributed by atoms with Gasteiger partial charge >= 0.3 is 123 Å². The Morgan fingerprint density at radius 1 is 0.402 bits per heavy atom. The molecule has 2 N–H and O–H groups in total. The van der Waals surface area contributed by atoms with E-state index in [-0.39, 0.29) is 195 Å². The molecule has 0 aliphatic rings. The van der Waals surface area contributed by atoms with Crippen molar-refractivity contribution in [2.45, 2.75) is 26.5 Å². The minimum absolute atomic E-state index is 0. The number of hydrogen-bond acceptors (Lipinski definition) is 22. The van der Waals surface area contributed by atoms with Gasteiger partial charge in [0, 0.05) is 26.9 Å². The van der Waals surface area contributed by atoms with Gasteiger partial charge in [0.05, 0.1) is 65.1 Å². The zero-order valence-corrected chi connectivity index (χ0v) is 53.6. The minimum Gasteiger partial charge on any atom is -0.871 e. The van der Waals surface area contributed by atoms with E-state index in [1.807, 2.05) is 0 Å². The minimum atomic E-state index is -5.58. The summed E-state index contributed by atoms with van der Waals surface area (Å²) in [6.07, 6.45) is 0. The molecule has 0 bridgehead atoms. The number of fused-ring (bicyclic) bond motifs is 3. The third-order valence-electron chi connectivity index (χ3n) is 11.4. The van der Waals surface area contributed by atoms with Crippen LogP contribution in [0.25, 0.3) is 37.6 Å². The first-order valence-corrected chi connectivity index (χ1v) is 27.5. The molecule has 0 aromatic heterocycles. The number of nitrogens with two attached hydrogens (primary N) is 1. The van der Waals surface area contributed by atoms with Gasteiger partial charge in [0.15, 0.2) is 0 Å². The molecular weight excluding hydrogens is 1280 g/mol. The molecule has 0 fully saturated rings. The zero-order chi connectivity index (χ0) is 55.2. The second kappa shape index (κ2) is 27.8. The van der Waals surface area contributed by atoms with Crippen LogP contribution in [0.5, 0.6) is 17.2 Å². The molecule has 2 radical (unpaired) electrons. The van der Waals surface area contributed by atoms with E-state index in [2.05, 4.69) is 46.2 Å². The number of benzene rings is 9. The van der Waals surface area contributed by atoms with E-state index in [1.54, 1.807) is 30.3 Å². The number of primary sulfonamides is 1. The van der Waals surface area contributed by atoms with Crippen LogP contribution in [0.3, 0.4) is 0 Å². The molecule has 9 aromatic carbocycles. The Morgan fingerprint density at radius 3 is 1.55 bits per heavy atom. The summed E-state index contributed by atoms with van der Waals surface area (Å²) in [6.45, 7) is 1.49. The number of rotatable bonds is 14. The molecule has 33 heteroatoms. The molecule has 0 aliphatic carbocycles. The Bertz CT molecular complexity index is 4580. The number of aryl methyl sites for hydroxylation is 1. The predicted molar refractivity (Wildman–Crippen MR) is 269 cm³/mol. The Hall–Kier alpha value is -4.96. The number of sulfonamides is 1. The number of azo groups is 4. The van der Waals surface area contributed by atoms with Gasteiger partial charge in [-0.05, 0) is 84.6 Å². The number of para-hydroxylation sites is 1. The van der Waals surface area contributed by atoms with Gasteiger partial charge in [0.1, 0.15) is 30.4 Å². The van der Waals surface area contributed by atoms with E-state index in [9.17, 15) is 62.6 Å². The van der Waals surface area contributed by atoms with Crippen LogP contribution >= 0.6 is 0 Å². The fourth-order valence-electron chi connectivity index (χ4n) is 7.72. The summed E-state index contributed by atoms with van der Waals surface area (Å²) in [5.41, 5.74) is -1.51. The number of hydrogen-bond donors (Lipinski definition) is 1. The molecule has 0 atom stereocenters. The van der Waals surface area contributed by atoms with Gasteiger partial charge in [-0.3, -0.25) is 0 Å². The first kappa shape index (κ1) is 69.5. The Balaban J connectivity index is 0.00000289. The summed E-state index contributed by atoms with van der Waals surface area (Å²) in [5, 5.41) is 82.6. The Morgan fingerprint density at radius 2 is 0.927 bits per heavy atom. The van der Waals surface area contributed by atoms with Gasteiger partial charge in [0.2, 0.25) is 10.0 Å². The van der Waals surface area contributed by atoms with Crippen molar-refractivity contribution < 1.29 is 185 Å². The molecule has 0 unspecified atom stereocenters. The van der Waals surface area contributed by atoms with Crippen LogP contribution < -0.4 is 109 Å². The largest absolute Gasteiger partial charge is 2.00 e. The maximum absolute atomic E-state index is 14.1. The van der Waals surface area contributed by atoms with Crippen LogP contribution in [0.4, 0.5) is 56.9 Å². The summed E-state index contributed by atoms with van der Waals surface area (Å²) in [7, 11) is -19.7. The van der Waals surface area contributed by atoms with Gasteiger partial charge < -0.3 is 34.3 Å². The fraction of sp³-hybridized carbons (Fsp3) is 0.0204. The van der Waals surface area contributed by atoms with Crippen LogP contribution in [0.1, 0.15) is 5.56 Å². The average Bonchev–Trinajstić information content (AvgIpc) is 3.37. The van der Waals surface area contributed by atoms with Crippen LogP contribution in [-0.4, -0.2) is 47.3 Å². The summed E-state index contributed by atoms with van der Waals surface area (Å²) in [6, 6.07) is 30.9. The summed E-state index contributed by atoms with van der Waals surface area (Å²) >= 11 is 0. The first-order valence-electron chi connectivity index (χ1n) is 21.7. The van der Waals surface area contributed by atoms with Crippen molar-refractivity contribution in [3.8, 4) is 17.2 Å². The van der Waals surface area contributed by atoms with Gasteiger partial charge in [-0.25, -0.2) is 38.8 Å². The van der Waals surface area contributed by atoms with Crippen molar-refractivity contribution in [1.82, 2.24) is 0 Å². The van der Waals surface area contributed by atoms with Crippen molar-refractivity contribution in [3.05, 3.63) is 156 Å². The zero-order valence-electron chi connectivity index (χ0n) is 42.4. The van der Waals surface area contributed by atoms with E-state index in [0.29, 0.717) is 5.69 Å². The van der Waals surface area contributed by atoms with Crippen molar-refractivity contribution in [2.24, 2.45) is 46.1 Å². The monoisotopic (exact) mass is 1300 g/mol. The SMILES string of the molecule is Cc1cc(N=Nc2c(S(=O)(=O)[O-])cc3c(N=Nc4cc(S(N)(=O)=O)ccc4[O-])c([N-]c4ccccc4)ccc3c2[O-])c([O-])cc1N=Nc1ccc(N=Nc2cccc3c(S(=O)(=O)[O-])cccc23)c2cc(S(=O)(=O)[O-])ccc12.[Cu+2].[Cu+2].[Na+].[Na+].[Na+]. The molecule has 0 heterocycles. The van der Waals surface area contributed by atoms with E-state index in [4.69, 9.17) is 5.14 Å². The van der Waals surface area contributed by atoms with Gasteiger partial charge in [-0.15, -0.1) is 31.8 Å². The summed E-state index contributed by atoms with van der Waals surface area (Å²) < 4.78 is 135. The van der Waals surface area contributed by atoms with Gasteiger partial charge in [0.25, 0.3) is 0 Å². The van der Waals surface area contributed by atoms with E-state index in [0.717, 1.165) is 48.5 Å². The third-order valence-corrected chi connectivity index (χ3v) is 14.9. The normalized spacial score (nSPS) is 12.1. The van der Waals surface area contributed by atoms with Crippen LogP contribution in [0, 0.1) is 6.92 Å². The molecule has 0 spiro atoms. The van der Waals surface area contributed by atoms with E-state index in [1.165, 1.54) is 73.7 Å². The van der Waals surface area contributed by atoms with Gasteiger partial charge in [-0.2, -0.15) is 20.5 Å². The van der Waals surface area contributed by atoms with E-state index >= 15 is 0 Å². The maximum atomic E-state index is 14.1. The quantitative estimate of drug-likeness (QED) is 0.0904. The predicted octanol–water partition coefficient (Wildman–Crippen LogP) is 1.04. The van der Waals surface area contributed by atoms with Crippen molar-refractivity contribution in [1.29, 1.82) is 0 Å². The number of nitrogens with zero attached hydrogens (tertiary/aromatic N) is 9.